The van der Waals surface area contributed by atoms with E-state index in [4.69, 9.17) is 16.3 Å². The monoisotopic (exact) mass is 339 g/mol. The van der Waals surface area contributed by atoms with Crippen molar-refractivity contribution in [3.05, 3.63) is 22.8 Å². The van der Waals surface area contributed by atoms with Gasteiger partial charge in [-0.1, -0.05) is 38.3 Å². The number of halogens is 1. The normalized spacial score (nSPS) is 21.3. The molecule has 23 heavy (non-hydrogen) atoms. The third kappa shape index (κ3) is 4.82. The molecule has 0 aromatic carbocycles. The Balaban J connectivity index is 2.01. The zero-order valence-electron chi connectivity index (χ0n) is 14.1. The average Bonchev–Trinajstić information content (AvgIpc) is 2.55. The summed E-state index contributed by atoms with van der Waals surface area (Å²) < 4.78 is 5.90. The molecule has 0 bridgehead atoms. The van der Waals surface area contributed by atoms with Crippen LogP contribution in [0, 0.1) is 5.92 Å². The summed E-state index contributed by atoms with van der Waals surface area (Å²) in [6, 6.07) is 3.45. The minimum absolute atomic E-state index is 0.110. The fraction of sp³-hybridized carbons (Fsp3) is 0.647. The molecule has 2 atom stereocenters. The van der Waals surface area contributed by atoms with Gasteiger partial charge >= 0.3 is 0 Å². The maximum absolute atomic E-state index is 12.5. The Kier molecular flexibility index (Phi) is 6.66. The Morgan fingerprint density at radius 3 is 2.83 bits per heavy atom. The highest BCUT2D eigenvalue weighted by Gasteiger charge is 2.28. The van der Waals surface area contributed by atoms with Crippen molar-refractivity contribution in [2.75, 3.05) is 19.0 Å². The summed E-state index contributed by atoms with van der Waals surface area (Å²) in [7, 11) is 1.75. The van der Waals surface area contributed by atoms with E-state index in [1.165, 1.54) is 0 Å². The number of hydrogen-bond donors (Lipinski definition) is 2. The van der Waals surface area contributed by atoms with Crippen molar-refractivity contribution < 1.29 is 9.53 Å². The van der Waals surface area contributed by atoms with Gasteiger partial charge in [-0.05, 0) is 30.9 Å². The maximum atomic E-state index is 12.5. The molecule has 0 radical (unpaired) electrons. The first kappa shape index (κ1) is 18.0. The van der Waals surface area contributed by atoms with Crippen molar-refractivity contribution in [3.63, 3.8) is 0 Å². The number of carbonyl (C=O) groups excluding carboxylic acids is 1. The van der Waals surface area contributed by atoms with Gasteiger partial charge in [0, 0.05) is 25.3 Å². The average molecular weight is 340 g/mol. The van der Waals surface area contributed by atoms with Crippen molar-refractivity contribution in [2.45, 2.75) is 51.7 Å². The first-order valence-corrected chi connectivity index (χ1v) is 8.72. The third-order valence-electron chi connectivity index (χ3n) is 4.54. The molecule has 0 saturated carbocycles. The molecule has 1 fully saturated rings. The second-order valence-corrected chi connectivity index (χ2v) is 6.38. The van der Waals surface area contributed by atoms with Crippen LogP contribution >= 0.6 is 11.6 Å². The lowest BCUT2D eigenvalue weighted by molar-refractivity contribution is -0.0337. The molecule has 1 aliphatic heterocycles. The number of amides is 1. The van der Waals surface area contributed by atoms with E-state index in [1.807, 2.05) is 0 Å². The number of anilines is 1. The minimum Gasteiger partial charge on any atom is -0.378 e. The molecule has 1 saturated heterocycles. The van der Waals surface area contributed by atoms with E-state index < -0.39 is 0 Å². The van der Waals surface area contributed by atoms with Crippen LogP contribution in [0.3, 0.4) is 0 Å². The summed E-state index contributed by atoms with van der Waals surface area (Å²) in [5, 5.41) is 6.33. The lowest BCUT2D eigenvalue weighted by atomic mass is 9.89. The molecule has 0 spiro atoms. The predicted molar refractivity (Wildman–Crippen MR) is 93.1 cm³/mol. The van der Waals surface area contributed by atoms with E-state index in [0.717, 1.165) is 25.7 Å². The van der Waals surface area contributed by atoms with E-state index in [0.29, 0.717) is 29.1 Å². The van der Waals surface area contributed by atoms with Gasteiger partial charge in [0.15, 0.2) is 0 Å². The fourth-order valence-electron chi connectivity index (χ4n) is 3.13. The van der Waals surface area contributed by atoms with Gasteiger partial charge in [-0.2, -0.15) is 0 Å². The van der Waals surface area contributed by atoms with Crippen LogP contribution in [0.4, 0.5) is 5.82 Å². The fourth-order valence-corrected chi connectivity index (χ4v) is 3.34. The number of rotatable bonds is 6. The number of hydrogen-bond acceptors (Lipinski definition) is 4. The van der Waals surface area contributed by atoms with Gasteiger partial charge in [0.25, 0.3) is 5.91 Å². The zero-order valence-corrected chi connectivity index (χ0v) is 14.8. The van der Waals surface area contributed by atoms with Gasteiger partial charge in [0.2, 0.25) is 0 Å². The summed E-state index contributed by atoms with van der Waals surface area (Å²) in [6.07, 6.45) is 4.16. The highest BCUT2D eigenvalue weighted by atomic mass is 35.5. The van der Waals surface area contributed by atoms with Gasteiger partial charge in [-0.15, -0.1) is 0 Å². The summed E-state index contributed by atoms with van der Waals surface area (Å²) in [4.78, 5) is 16.6. The SMILES string of the molecule is CCC(CC)[C@@H]1C[C@@H](NC(=O)c2cc(Cl)nc(NC)c2)CCO1. The molecule has 2 heterocycles. The minimum atomic E-state index is -0.110. The van der Waals surface area contributed by atoms with Crippen LogP contribution in [-0.2, 0) is 4.74 Å². The van der Waals surface area contributed by atoms with Crippen LogP contribution in [0.1, 0.15) is 49.9 Å². The van der Waals surface area contributed by atoms with E-state index in [9.17, 15) is 4.79 Å². The molecule has 0 aliphatic carbocycles. The summed E-state index contributed by atoms with van der Waals surface area (Å²) >= 11 is 5.97. The van der Waals surface area contributed by atoms with E-state index in [1.54, 1.807) is 19.2 Å². The Labute approximate surface area is 143 Å². The standard InChI is InChI=1S/C17H26ClN3O2/c1-4-11(5-2)14-10-13(6-7-23-14)20-17(22)12-8-15(18)21-16(9-12)19-3/h8-9,11,13-14H,4-7,10H2,1-3H3,(H,19,21)(H,20,22)/t13-,14-/m0/s1. The lowest BCUT2D eigenvalue weighted by Crippen LogP contribution is -2.44. The summed E-state index contributed by atoms with van der Waals surface area (Å²) in [6.45, 7) is 5.08. The number of aromatic nitrogens is 1. The Bertz CT molecular complexity index is 535. The van der Waals surface area contributed by atoms with Gasteiger partial charge in [0.1, 0.15) is 11.0 Å². The van der Waals surface area contributed by atoms with Crippen LogP contribution < -0.4 is 10.6 Å². The van der Waals surface area contributed by atoms with Gasteiger partial charge in [0.05, 0.1) is 6.10 Å². The molecule has 1 aromatic rings. The smallest absolute Gasteiger partial charge is 0.251 e. The lowest BCUT2D eigenvalue weighted by Gasteiger charge is -2.34. The molecular weight excluding hydrogens is 314 g/mol. The Morgan fingerprint density at radius 1 is 1.43 bits per heavy atom. The third-order valence-corrected chi connectivity index (χ3v) is 4.73. The molecule has 0 unspecified atom stereocenters. The van der Waals surface area contributed by atoms with E-state index in [2.05, 4.69) is 29.5 Å². The van der Waals surface area contributed by atoms with Crippen LogP contribution in [0.15, 0.2) is 12.1 Å². The number of nitrogens with zero attached hydrogens (tertiary/aromatic N) is 1. The van der Waals surface area contributed by atoms with E-state index in [-0.39, 0.29) is 18.1 Å². The highest BCUT2D eigenvalue weighted by molar-refractivity contribution is 6.29. The molecule has 5 nitrogen and oxygen atoms in total. The Morgan fingerprint density at radius 2 is 2.17 bits per heavy atom. The van der Waals surface area contributed by atoms with Crippen LogP contribution in [0.25, 0.3) is 0 Å². The number of nitrogens with one attached hydrogen (secondary N) is 2. The second kappa shape index (κ2) is 8.50. The molecule has 128 valence electrons. The molecule has 1 aromatic heterocycles. The first-order valence-electron chi connectivity index (χ1n) is 8.35. The van der Waals surface area contributed by atoms with Crippen molar-refractivity contribution in [1.29, 1.82) is 0 Å². The molecular formula is C17H26ClN3O2. The van der Waals surface area contributed by atoms with Crippen molar-refractivity contribution in [2.24, 2.45) is 5.92 Å². The van der Waals surface area contributed by atoms with Gasteiger partial charge in [-0.3, -0.25) is 4.79 Å². The van der Waals surface area contributed by atoms with Gasteiger partial charge < -0.3 is 15.4 Å². The van der Waals surface area contributed by atoms with Crippen molar-refractivity contribution in [1.82, 2.24) is 10.3 Å². The van der Waals surface area contributed by atoms with Crippen LogP contribution in [0.5, 0.6) is 0 Å². The number of pyridine rings is 1. The largest absolute Gasteiger partial charge is 0.378 e. The molecule has 2 rings (SSSR count). The summed E-state index contributed by atoms with van der Waals surface area (Å²) in [5.74, 6) is 1.03. The van der Waals surface area contributed by atoms with Gasteiger partial charge in [-0.25, -0.2) is 4.98 Å². The van der Waals surface area contributed by atoms with Crippen LogP contribution in [-0.4, -0.2) is 36.7 Å². The maximum Gasteiger partial charge on any atom is 0.251 e. The number of carbonyl (C=O) groups is 1. The summed E-state index contributed by atoms with van der Waals surface area (Å²) in [5.41, 5.74) is 0.528. The number of ether oxygens (including phenoxy) is 1. The molecule has 1 amide bonds. The molecule has 1 aliphatic rings. The Hall–Kier alpha value is -1.33. The molecule has 2 N–H and O–H groups in total. The van der Waals surface area contributed by atoms with Crippen molar-refractivity contribution in [3.8, 4) is 0 Å². The predicted octanol–water partition coefficient (Wildman–Crippen LogP) is 3.49. The molecule has 6 heteroatoms. The van der Waals surface area contributed by atoms with E-state index >= 15 is 0 Å². The zero-order chi connectivity index (χ0) is 16.8. The first-order chi connectivity index (χ1) is 11.1. The van der Waals surface area contributed by atoms with Crippen molar-refractivity contribution >= 4 is 23.3 Å². The second-order valence-electron chi connectivity index (χ2n) is 5.99. The van der Waals surface area contributed by atoms with Crippen LogP contribution in [0.2, 0.25) is 5.15 Å². The quantitative estimate of drug-likeness (QED) is 0.779. The highest BCUT2D eigenvalue weighted by Crippen LogP contribution is 2.25. The topological polar surface area (TPSA) is 63.2 Å².